The van der Waals surface area contributed by atoms with Gasteiger partial charge in [-0.25, -0.2) is 4.98 Å². The first-order valence-electron chi connectivity index (χ1n) is 6.24. The highest BCUT2D eigenvalue weighted by Gasteiger charge is 2.09. The van der Waals surface area contributed by atoms with Crippen molar-refractivity contribution in [3.05, 3.63) is 45.9 Å². The van der Waals surface area contributed by atoms with Crippen molar-refractivity contribution < 1.29 is 10.2 Å². The largest absolute Gasteiger partial charge is 0.508 e. The summed E-state index contributed by atoms with van der Waals surface area (Å²) in [5.74, 6) is 0.283. The predicted octanol–water partition coefficient (Wildman–Crippen LogP) is 2.02. The second kappa shape index (κ2) is 6.65. The third-order valence-electron chi connectivity index (χ3n) is 2.84. The number of hydrogen-bond acceptors (Lipinski definition) is 5. The van der Waals surface area contributed by atoms with E-state index in [4.69, 9.17) is 0 Å². The molecule has 0 aliphatic carbocycles. The summed E-state index contributed by atoms with van der Waals surface area (Å²) in [5.41, 5.74) is 1.89. The first kappa shape index (κ1) is 14.0. The highest BCUT2D eigenvalue weighted by Crippen LogP contribution is 2.15. The molecule has 0 aliphatic heterocycles. The maximum absolute atomic E-state index is 9.92. The van der Waals surface area contributed by atoms with E-state index >= 15 is 0 Å². The van der Waals surface area contributed by atoms with E-state index in [-0.39, 0.29) is 5.75 Å². The number of aliphatic hydroxyl groups is 1. The van der Waals surface area contributed by atoms with Crippen LogP contribution in [0.1, 0.15) is 22.4 Å². The van der Waals surface area contributed by atoms with Gasteiger partial charge in [-0.05, 0) is 37.6 Å². The molecule has 0 spiro atoms. The molecule has 0 aliphatic rings. The molecule has 0 radical (unpaired) electrons. The van der Waals surface area contributed by atoms with Gasteiger partial charge in [0.05, 0.1) is 10.7 Å². The number of rotatable bonds is 6. The zero-order valence-corrected chi connectivity index (χ0v) is 11.7. The average Bonchev–Trinajstić information content (AvgIpc) is 2.83. The van der Waals surface area contributed by atoms with Crippen LogP contribution in [-0.2, 0) is 6.42 Å². The van der Waals surface area contributed by atoms with E-state index in [9.17, 15) is 10.2 Å². The lowest BCUT2D eigenvalue weighted by atomic mass is 10.1. The number of phenols is 1. The molecule has 2 aromatic rings. The van der Waals surface area contributed by atoms with Gasteiger partial charge in [-0.15, -0.1) is 11.3 Å². The van der Waals surface area contributed by atoms with Crippen molar-refractivity contribution >= 4 is 11.3 Å². The predicted molar refractivity (Wildman–Crippen MR) is 76.5 cm³/mol. The Kier molecular flexibility index (Phi) is 4.90. The summed E-state index contributed by atoms with van der Waals surface area (Å²) in [5, 5.41) is 25.2. The Morgan fingerprint density at radius 1 is 1.32 bits per heavy atom. The van der Waals surface area contributed by atoms with Gasteiger partial charge in [0.25, 0.3) is 0 Å². The molecule has 0 fully saturated rings. The van der Waals surface area contributed by atoms with Gasteiger partial charge in [-0.2, -0.15) is 0 Å². The maximum Gasteiger partial charge on any atom is 0.115 e. The number of aryl methyl sites for hydroxylation is 1. The van der Waals surface area contributed by atoms with Gasteiger partial charge >= 0.3 is 0 Å². The normalized spacial score (nSPS) is 12.5. The van der Waals surface area contributed by atoms with Crippen LogP contribution in [0.4, 0.5) is 0 Å². The summed E-state index contributed by atoms with van der Waals surface area (Å²) in [6.07, 6.45) is 0.313. The Hall–Kier alpha value is -1.43. The number of benzene rings is 1. The Balaban J connectivity index is 1.70. The zero-order valence-electron chi connectivity index (χ0n) is 10.8. The lowest BCUT2D eigenvalue weighted by Gasteiger charge is -2.09. The lowest BCUT2D eigenvalue weighted by Crippen LogP contribution is -2.23. The van der Waals surface area contributed by atoms with E-state index in [0.717, 1.165) is 29.2 Å². The van der Waals surface area contributed by atoms with Gasteiger partial charge in [0.2, 0.25) is 0 Å². The quantitative estimate of drug-likeness (QED) is 0.707. The summed E-state index contributed by atoms with van der Waals surface area (Å²) < 4.78 is 0. The number of aliphatic hydroxyl groups excluding tert-OH is 1. The Morgan fingerprint density at radius 3 is 2.68 bits per heavy atom. The molecular formula is C14H18N2O2S. The van der Waals surface area contributed by atoms with Crippen LogP contribution in [0, 0.1) is 6.92 Å². The van der Waals surface area contributed by atoms with Gasteiger partial charge in [-0.1, -0.05) is 12.1 Å². The molecule has 0 bridgehead atoms. The van der Waals surface area contributed by atoms with Gasteiger partial charge in [0, 0.05) is 11.9 Å². The highest BCUT2D eigenvalue weighted by molar-refractivity contribution is 7.09. The molecule has 0 saturated heterocycles. The van der Waals surface area contributed by atoms with Crippen molar-refractivity contribution in [3.63, 3.8) is 0 Å². The van der Waals surface area contributed by atoms with Crippen LogP contribution in [0.15, 0.2) is 29.6 Å². The molecule has 19 heavy (non-hydrogen) atoms. The van der Waals surface area contributed by atoms with Crippen molar-refractivity contribution in [2.75, 3.05) is 13.1 Å². The molecule has 1 unspecified atom stereocenters. The second-order valence-electron chi connectivity index (χ2n) is 4.43. The van der Waals surface area contributed by atoms with Crippen molar-refractivity contribution in [1.82, 2.24) is 10.3 Å². The summed E-state index contributed by atoms with van der Waals surface area (Å²) in [4.78, 5) is 4.26. The number of aromatic hydroxyl groups is 1. The number of nitrogens with one attached hydrogen (secondary N) is 1. The van der Waals surface area contributed by atoms with E-state index in [1.54, 1.807) is 23.5 Å². The van der Waals surface area contributed by atoms with Gasteiger partial charge < -0.3 is 15.5 Å². The van der Waals surface area contributed by atoms with E-state index in [1.165, 1.54) is 0 Å². The standard InChI is InChI=1S/C14H18N2O2S/c1-10-16-13(9-19-10)14(18)8-15-7-6-11-2-4-12(17)5-3-11/h2-5,9,14-15,17-18H,6-8H2,1H3. The first-order chi connectivity index (χ1) is 9.15. The number of phenolic OH excluding ortho intramolecular Hbond substituents is 1. The number of thiazole rings is 1. The number of nitrogens with zero attached hydrogens (tertiary/aromatic N) is 1. The van der Waals surface area contributed by atoms with Crippen LogP contribution in [-0.4, -0.2) is 28.3 Å². The molecule has 1 heterocycles. The molecule has 5 heteroatoms. The first-order valence-corrected chi connectivity index (χ1v) is 7.12. The van der Waals surface area contributed by atoms with Crippen LogP contribution in [0.2, 0.25) is 0 Å². The molecule has 0 saturated carbocycles. The molecule has 3 N–H and O–H groups in total. The number of aromatic nitrogens is 1. The van der Waals surface area contributed by atoms with Crippen LogP contribution in [0.5, 0.6) is 5.75 Å². The average molecular weight is 278 g/mol. The van der Waals surface area contributed by atoms with E-state index < -0.39 is 6.10 Å². The fraction of sp³-hybridized carbons (Fsp3) is 0.357. The molecule has 102 valence electrons. The smallest absolute Gasteiger partial charge is 0.115 e. The zero-order chi connectivity index (χ0) is 13.7. The third kappa shape index (κ3) is 4.31. The third-order valence-corrected chi connectivity index (χ3v) is 3.63. The topological polar surface area (TPSA) is 65.4 Å². The minimum Gasteiger partial charge on any atom is -0.508 e. The van der Waals surface area contributed by atoms with Crippen molar-refractivity contribution in [1.29, 1.82) is 0 Å². The van der Waals surface area contributed by atoms with Crippen molar-refractivity contribution in [2.45, 2.75) is 19.4 Å². The summed E-state index contributed by atoms with van der Waals surface area (Å²) in [6.45, 7) is 3.21. The molecule has 4 nitrogen and oxygen atoms in total. The van der Waals surface area contributed by atoms with E-state index in [2.05, 4.69) is 10.3 Å². The van der Waals surface area contributed by atoms with Crippen LogP contribution >= 0.6 is 11.3 Å². The SMILES string of the molecule is Cc1nc(C(O)CNCCc2ccc(O)cc2)cs1. The Morgan fingerprint density at radius 2 is 2.05 bits per heavy atom. The molecule has 1 aromatic carbocycles. The maximum atomic E-state index is 9.92. The van der Waals surface area contributed by atoms with E-state index in [1.807, 2.05) is 24.4 Å². The molecule has 0 amide bonds. The fourth-order valence-electron chi connectivity index (χ4n) is 1.77. The molecule has 1 atom stereocenters. The van der Waals surface area contributed by atoms with Gasteiger partial charge in [-0.3, -0.25) is 0 Å². The van der Waals surface area contributed by atoms with Gasteiger partial charge in [0.15, 0.2) is 0 Å². The second-order valence-corrected chi connectivity index (χ2v) is 5.49. The minimum atomic E-state index is -0.551. The van der Waals surface area contributed by atoms with E-state index in [0.29, 0.717) is 6.54 Å². The number of hydrogen-bond donors (Lipinski definition) is 3. The van der Waals surface area contributed by atoms with Gasteiger partial charge in [0.1, 0.15) is 11.9 Å². The van der Waals surface area contributed by atoms with Crippen LogP contribution < -0.4 is 5.32 Å². The monoisotopic (exact) mass is 278 g/mol. The summed E-state index contributed by atoms with van der Waals surface area (Å²) in [7, 11) is 0. The molecule has 2 rings (SSSR count). The lowest BCUT2D eigenvalue weighted by molar-refractivity contribution is 0.171. The fourth-order valence-corrected chi connectivity index (χ4v) is 2.43. The summed E-state index contributed by atoms with van der Waals surface area (Å²) >= 11 is 1.55. The minimum absolute atomic E-state index is 0.283. The van der Waals surface area contributed by atoms with Crippen molar-refractivity contribution in [2.24, 2.45) is 0 Å². The van der Waals surface area contributed by atoms with Crippen molar-refractivity contribution in [3.8, 4) is 5.75 Å². The molecular weight excluding hydrogens is 260 g/mol. The van der Waals surface area contributed by atoms with Crippen LogP contribution in [0.3, 0.4) is 0 Å². The van der Waals surface area contributed by atoms with Crippen LogP contribution in [0.25, 0.3) is 0 Å². The summed E-state index contributed by atoms with van der Waals surface area (Å²) in [6, 6.07) is 7.17. The molecule has 1 aromatic heterocycles. The highest BCUT2D eigenvalue weighted by atomic mass is 32.1. The Bertz CT molecular complexity index is 510. The Labute approximate surface area is 116 Å².